The summed E-state index contributed by atoms with van der Waals surface area (Å²) in [5.41, 5.74) is 0. The summed E-state index contributed by atoms with van der Waals surface area (Å²) in [5.74, 6) is 0.663. The molecule has 2 aliphatic rings. The highest BCUT2D eigenvalue weighted by Crippen LogP contribution is 2.34. The van der Waals surface area contributed by atoms with Crippen molar-refractivity contribution < 1.29 is 9.53 Å². The van der Waals surface area contributed by atoms with Crippen molar-refractivity contribution in [1.82, 2.24) is 14.9 Å². The predicted molar refractivity (Wildman–Crippen MR) is 69.7 cm³/mol. The Balaban J connectivity index is 1.58. The number of hydrogen-bond donors (Lipinski definition) is 0. The molecule has 0 aromatic carbocycles. The first kappa shape index (κ1) is 12.4. The number of ether oxygens (including phenoxy) is 1. The first-order valence-corrected chi connectivity index (χ1v) is 7.03. The van der Waals surface area contributed by atoms with Crippen molar-refractivity contribution in [2.24, 2.45) is 0 Å². The van der Waals surface area contributed by atoms with Crippen LogP contribution in [0.15, 0.2) is 18.7 Å². The third-order valence-electron chi connectivity index (χ3n) is 3.85. The second kappa shape index (κ2) is 5.55. The van der Waals surface area contributed by atoms with Gasteiger partial charge in [0.1, 0.15) is 6.33 Å². The maximum absolute atomic E-state index is 12.3. The van der Waals surface area contributed by atoms with Gasteiger partial charge in [-0.25, -0.2) is 9.97 Å². The normalized spacial score (nSPS) is 19.4. The van der Waals surface area contributed by atoms with Gasteiger partial charge < -0.3 is 9.64 Å². The maximum Gasteiger partial charge on any atom is 0.261 e. The summed E-state index contributed by atoms with van der Waals surface area (Å²) in [4.78, 5) is 22.2. The fraction of sp³-hybridized carbons (Fsp3) is 0.643. The standard InChI is InChI=1S/C14H19N3O2/c18-14(9-19-13-7-15-10-16-8-13)17(12-5-6-12)11-3-1-2-4-11/h7-8,10-12H,1-6,9H2. The van der Waals surface area contributed by atoms with E-state index >= 15 is 0 Å². The highest BCUT2D eigenvalue weighted by Gasteiger charge is 2.38. The second-order valence-electron chi connectivity index (χ2n) is 5.33. The van der Waals surface area contributed by atoms with Crippen LogP contribution in [0.4, 0.5) is 0 Å². The van der Waals surface area contributed by atoms with Gasteiger partial charge in [-0.3, -0.25) is 4.79 Å². The fourth-order valence-electron chi connectivity index (χ4n) is 2.82. The summed E-state index contributed by atoms with van der Waals surface area (Å²) < 4.78 is 5.47. The zero-order valence-electron chi connectivity index (χ0n) is 11.0. The molecule has 0 aliphatic heterocycles. The van der Waals surface area contributed by atoms with Crippen LogP contribution < -0.4 is 4.74 Å². The van der Waals surface area contributed by atoms with Crippen molar-refractivity contribution in [2.75, 3.05) is 6.61 Å². The third kappa shape index (κ3) is 3.03. The zero-order valence-corrected chi connectivity index (χ0v) is 11.0. The van der Waals surface area contributed by atoms with E-state index in [9.17, 15) is 4.79 Å². The Morgan fingerprint density at radius 2 is 1.79 bits per heavy atom. The molecule has 1 heterocycles. The summed E-state index contributed by atoms with van der Waals surface area (Å²) in [5, 5.41) is 0. The largest absolute Gasteiger partial charge is 0.481 e. The molecular weight excluding hydrogens is 242 g/mol. The highest BCUT2D eigenvalue weighted by atomic mass is 16.5. The summed E-state index contributed by atoms with van der Waals surface area (Å²) >= 11 is 0. The number of hydrogen-bond acceptors (Lipinski definition) is 4. The lowest BCUT2D eigenvalue weighted by Gasteiger charge is -2.29. The molecule has 19 heavy (non-hydrogen) atoms. The van der Waals surface area contributed by atoms with E-state index in [4.69, 9.17) is 4.74 Å². The Morgan fingerprint density at radius 1 is 1.16 bits per heavy atom. The first-order valence-electron chi connectivity index (χ1n) is 7.03. The van der Waals surface area contributed by atoms with E-state index in [0.29, 0.717) is 17.8 Å². The van der Waals surface area contributed by atoms with Crippen LogP contribution in [0.2, 0.25) is 0 Å². The van der Waals surface area contributed by atoms with Crippen LogP contribution in [0, 0.1) is 0 Å². The molecule has 3 rings (SSSR count). The van der Waals surface area contributed by atoms with E-state index < -0.39 is 0 Å². The van der Waals surface area contributed by atoms with E-state index in [1.165, 1.54) is 19.2 Å². The molecular formula is C14H19N3O2. The molecule has 0 atom stereocenters. The van der Waals surface area contributed by atoms with Gasteiger partial charge in [0.2, 0.25) is 0 Å². The van der Waals surface area contributed by atoms with Crippen LogP contribution in [0.1, 0.15) is 38.5 Å². The van der Waals surface area contributed by atoms with Crippen molar-refractivity contribution in [2.45, 2.75) is 50.6 Å². The molecule has 5 heteroatoms. The minimum atomic E-state index is 0.0976. The van der Waals surface area contributed by atoms with Gasteiger partial charge >= 0.3 is 0 Å². The Bertz CT molecular complexity index is 428. The minimum absolute atomic E-state index is 0.0976. The molecule has 0 unspecified atom stereocenters. The first-order chi connectivity index (χ1) is 9.34. The number of amides is 1. The number of carbonyl (C=O) groups is 1. The number of aromatic nitrogens is 2. The number of carbonyl (C=O) groups excluding carboxylic acids is 1. The predicted octanol–water partition coefficient (Wildman–Crippen LogP) is 1.79. The quantitative estimate of drug-likeness (QED) is 0.811. The Kier molecular flexibility index (Phi) is 3.62. The second-order valence-corrected chi connectivity index (χ2v) is 5.33. The van der Waals surface area contributed by atoms with Crippen LogP contribution in [-0.2, 0) is 4.79 Å². The van der Waals surface area contributed by atoms with E-state index in [-0.39, 0.29) is 12.5 Å². The lowest BCUT2D eigenvalue weighted by atomic mass is 10.2. The van der Waals surface area contributed by atoms with Crippen LogP contribution >= 0.6 is 0 Å². The summed E-state index contributed by atoms with van der Waals surface area (Å²) in [6.07, 6.45) is 11.7. The molecule has 1 aromatic rings. The third-order valence-corrected chi connectivity index (χ3v) is 3.85. The van der Waals surface area contributed by atoms with E-state index in [1.807, 2.05) is 0 Å². The van der Waals surface area contributed by atoms with Crippen LogP contribution in [0.5, 0.6) is 5.75 Å². The van der Waals surface area contributed by atoms with Gasteiger partial charge in [-0.15, -0.1) is 0 Å². The van der Waals surface area contributed by atoms with Crippen LogP contribution in [-0.4, -0.2) is 39.5 Å². The van der Waals surface area contributed by atoms with Gasteiger partial charge in [0.15, 0.2) is 12.4 Å². The summed E-state index contributed by atoms with van der Waals surface area (Å²) in [7, 11) is 0. The average Bonchev–Trinajstić information content (AvgIpc) is 3.12. The van der Waals surface area contributed by atoms with E-state index in [2.05, 4.69) is 14.9 Å². The molecule has 0 saturated heterocycles. The van der Waals surface area contributed by atoms with Gasteiger partial charge in [-0.2, -0.15) is 0 Å². The zero-order chi connectivity index (χ0) is 13.1. The van der Waals surface area contributed by atoms with Crippen molar-refractivity contribution in [1.29, 1.82) is 0 Å². The fourth-order valence-corrected chi connectivity index (χ4v) is 2.82. The van der Waals surface area contributed by atoms with Crippen LogP contribution in [0.25, 0.3) is 0 Å². The molecule has 5 nitrogen and oxygen atoms in total. The van der Waals surface area contributed by atoms with Gasteiger partial charge in [-0.05, 0) is 25.7 Å². The molecule has 1 aromatic heterocycles. The Morgan fingerprint density at radius 3 is 2.42 bits per heavy atom. The van der Waals surface area contributed by atoms with Gasteiger partial charge in [0.05, 0.1) is 12.4 Å². The van der Waals surface area contributed by atoms with E-state index in [0.717, 1.165) is 25.7 Å². The highest BCUT2D eigenvalue weighted by molar-refractivity contribution is 5.78. The Hall–Kier alpha value is -1.65. The molecule has 0 spiro atoms. The summed E-state index contributed by atoms with van der Waals surface area (Å²) in [6.45, 7) is 0.0976. The molecule has 2 aliphatic carbocycles. The van der Waals surface area contributed by atoms with Crippen molar-refractivity contribution in [3.05, 3.63) is 18.7 Å². The average molecular weight is 261 g/mol. The van der Waals surface area contributed by atoms with Crippen molar-refractivity contribution >= 4 is 5.91 Å². The topological polar surface area (TPSA) is 55.3 Å². The molecule has 2 saturated carbocycles. The van der Waals surface area contributed by atoms with Crippen molar-refractivity contribution in [3.63, 3.8) is 0 Å². The Labute approximate surface area is 113 Å². The molecule has 0 N–H and O–H groups in total. The smallest absolute Gasteiger partial charge is 0.261 e. The SMILES string of the molecule is O=C(COc1cncnc1)N(C1CCCC1)C1CC1. The maximum atomic E-state index is 12.3. The lowest BCUT2D eigenvalue weighted by molar-refractivity contribution is -0.136. The molecule has 0 radical (unpaired) electrons. The monoisotopic (exact) mass is 261 g/mol. The summed E-state index contributed by atoms with van der Waals surface area (Å²) in [6, 6.07) is 0.904. The number of nitrogens with zero attached hydrogens (tertiary/aromatic N) is 3. The molecule has 1 amide bonds. The minimum Gasteiger partial charge on any atom is -0.481 e. The van der Waals surface area contributed by atoms with Gasteiger partial charge in [0.25, 0.3) is 5.91 Å². The van der Waals surface area contributed by atoms with Crippen molar-refractivity contribution in [3.8, 4) is 5.75 Å². The lowest BCUT2D eigenvalue weighted by Crippen LogP contribution is -2.43. The van der Waals surface area contributed by atoms with Crippen LogP contribution in [0.3, 0.4) is 0 Å². The molecule has 0 bridgehead atoms. The van der Waals surface area contributed by atoms with Gasteiger partial charge in [-0.1, -0.05) is 12.8 Å². The van der Waals surface area contributed by atoms with E-state index in [1.54, 1.807) is 12.4 Å². The van der Waals surface area contributed by atoms with Gasteiger partial charge in [0, 0.05) is 12.1 Å². The molecule has 2 fully saturated rings. The number of rotatable bonds is 5. The molecule has 102 valence electrons.